The van der Waals surface area contributed by atoms with E-state index < -0.39 is 0 Å². The van der Waals surface area contributed by atoms with Gasteiger partial charge in [0.2, 0.25) is 0 Å². The number of hydrogen-bond donors (Lipinski definition) is 0. The van der Waals surface area contributed by atoms with Gasteiger partial charge in [-0.15, -0.1) is 0 Å². The third kappa shape index (κ3) is 8.86. The normalized spacial score (nSPS) is 12.8. The molecule has 0 saturated heterocycles. The predicted molar refractivity (Wildman–Crippen MR) is 54.4 cm³/mol. The standard InChI is InChI=1S/C11H18O2/c1-4-5-6-7-8-9-10(2)13-11(3)12/h4-6,10H,1,7-9H2,2-3H3/b6-5-. The molecular weight excluding hydrogens is 164 g/mol. The van der Waals surface area contributed by atoms with Crippen LogP contribution in [0.15, 0.2) is 24.8 Å². The van der Waals surface area contributed by atoms with Gasteiger partial charge in [-0.2, -0.15) is 0 Å². The minimum Gasteiger partial charge on any atom is -0.463 e. The molecule has 0 aromatic rings. The Balaban J connectivity index is 3.36. The Morgan fingerprint density at radius 2 is 2.31 bits per heavy atom. The number of hydrogen-bond acceptors (Lipinski definition) is 2. The van der Waals surface area contributed by atoms with Crippen LogP contribution in [0.5, 0.6) is 0 Å². The number of carbonyl (C=O) groups is 1. The molecule has 0 bridgehead atoms. The van der Waals surface area contributed by atoms with Crippen molar-refractivity contribution < 1.29 is 9.53 Å². The molecule has 0 amide bonds. The molecule has 0 rings (SSSR count). The van der Waals surface area contributed by atoms with Gasteiger partial charge in [0.15, 0.2) is 0 Å². The van der Waals surface area contributed by atoms with E-state index in [1.807, 2.05) is 13.0 Å². The maximum absolute atomic E-state index is 10.5. The lowest BCUT2D eigenvalue weighted by Gasteiger charge is -2.10. The second-order valence-electron chi connectivity index (χ2n) is 3.01. The van der Waals surface area contributed by atoms with E-state index in [0.29, 0.717) is 0 Å². The molecule has 0 aliphatic carbocycles. The van der Waals surface area contributed by atoms with Gasteiger partial charge in [-0.3, -0.25) is 4.79 Å². The van der Waals surface area contributed by atoms with Crippen LogP contribution in [0.1, 0.15) is 33.1 Å². The molecule has 0 N–H and O–H groups in total. The van der Waals surface area contributed by atoms with Crippen molar-refractivity contribution in [1.82, 2.24) is 0 Å². The molecule has 0 aliphatic heterocycles. The van der Waals surface area contributed by atoms with Crippen molar-refractivity contribution in [2.45, 2.75) is 39.2 Å². The van der Waals surface area contributed by atoms with Crippen LogP contribution in [0.25, 0.3) is 0 Å². The first kappa shape index (κ1) is 11.9. The van der Waals surface area contributed by atoms with Crippen molar-refractivity contribution in [3.8, 4) is 0 Å². The van der Waals surface area contributed by atoms with Crippen LogP contribution in [0.2, 0.25) is 0 Å². The second-order valence-corrected chi connectivity index (χ2v) is 3.01. The van der Waals surface area contributed by atoms with Gasteiger partial charge in [0.05, 0.1) is 6.10 Å². The van der Waals surface area contributed by atoms with Crippen LogP contribution >= 0.6 is 0 Å². The molecule has 0 aliphatic rings. The van der Waals surface area contributed by atoms with Gasteiger partial charge in [-0.25, -0.2) is 0 Å². The zero-order chi connectivity index (χ0) is 10.1. The van der Waals surface area contributed by atoms with Crippen LogP contribution < -0.4 is 0 Å². The van der Waals surface area contributed by atoms with Crippen LogP contribution in [0.4, 0.5) is 0 Å². The lowest BCUT2D eigenvalue weighted by Crippen LogP contribution is -2.11. The Labute approximate surface area is 80.3 Å². The molecule has 0 aromatic heterocycles. The van der Waals surface area contributed by atoms with E-state index in [9.17, 15) is 4.79 Å². The minimum atomic E-state index is -0.200. The highest BCUT2D eigenvalue weighted by Crippen LogP contribution is 2.05. The van der Waals surface area contributed by atoms with Gasteiger partial charge in [0.1, 0.15) is 0 Å². The average Bonchev–Trinajstić information content (AvgIpc) is 2.02. The first-order chi connectivity index (χ1) is 6.16. The first-order valence-corrected chi connectivity index (χ1v) is 4.61. The second kappa shape index (κ2) is 7.59. The Hall–Kier alpha value is -1.05. The molecule has 0 fully saturated rings. The molecular formula is C11H18O2. The zero-order valence-corrected chi connectivity index (χ0v) is 8.45. The smallest absolute Gasteiger partial charge is 0.302 e. The summed E-state index contributed by atoms with van der Waals surface area (Å²) < 4.78 is 4.97. The third-order valence-corrected chi connectivity index (χ3v) is 1.62. The summed E-state index contributed by atoms with van der Waals surface area (Å²) in [5.41, 5.74) is 0. The molecule has 1 atom stereocenters. The van der Waals surface area contributed by atoms with Crippen LogP contribution in [0.3, 0.4) is 0 Å². The molecule has 0 saturated carbocycles. The summed E-state index contributed by atoms with van der Waals surface area (Å²) in [6.07, 6.45) is 8.76. The molecule has 13 heavy (non-hydrogen) atoms. The maximum atomic E-state index is 10.5. The Kier molecular flexibility index (Phi) is 6.98. The van der Waals surface area contributed by atoms with Gasteiger partial charge in [0.25, 0.3) is 0 Å². The number of esters is 1. The average molecular weight is 182 g/mol. The predicted octanol–water partition coefficient (Wildman–Crippen LogP) is 2.85. The fourth-order valence-corrected chi connectivity index (χ4v) is 1.06. The highest BCUT2D eigenvalue weighted by molar-refractivity contribution is 5.66. The van der Waals surface area contributed by atoms with Crippen LogP contribution in [0, 0.1) is 0 Å². The molecule has 2 nitrogen and oxygen atoms in total. The van der Waals surface area contributed by atoms with E-state index in [4.69, 9.17) is 4.74 Å². The van der Waals surface area contributed by atoms with Crippen molar-refractivity contribution in [1.29, 1.82) is 0 Å². The van der Waals surface area contributed by atoms with Crippen molar-refractivity contribution in [2.75, 3.05) is 0 Å². The molecule has 0 heterocycles. The Bertz CT molecular complexity index is 183. The fraction of sp³-hybridized carbons (Fsp3) is 0.545. The van der Waals surface area contributed by atoms with Crippen LogP contribution in [-0.2, 0) is 9.53 Å². The summed E-state index contributed by atoms with van der Waals surface area (Å²) in [6.45, 7) is 6.93. The van der Waals surface area contributed by atoms with Crippen molar-refractivity contribution in [2.24, 2.45) is 0 Å². The number of rotatable bonds is 6. The third-order valence-electron chi connectivity index (χ3n) is 1.62. The molecule has 0 aromatic carbocycles. The fourth-order valence-electron chi connectivity index (χ4n) is 1.06. The number of unbranched alkanes of at least 4 members (excludes halogenated alkanes) is 1. The molecule has 1 unspecified atom stereocenters. The highest BCUT2D eigenvalue weighted by Gasteiger charge is 2.03. The summed E-state index contributed by atoms with van der Waals surface area (Å²) in [5, 5.41) is 0. The van der Waals surface area contributed by atoms with E-state index in [0.717, 1.165) is 19.3 Å². The molecule has 2 heteroatoms. The maximum Gasteiger partial charge on any atom is 0.302 e. The van der Waals surface area contributed by atoms with Gasteiger partial charge in [0, 0.05) is 6.92 Å². The molecule has 0 radical (unpaired) electrons. The monoisotopic (exact) mass is 182 g/mol. The Morgan fingerprint density at radius 1 is 1.62 bits per heavy atom. The van der Waals surface area contributed by atoms with E-state index in [2.05, 4.69) is 12.7 Å². The van der Waals surface area contributed by atoms with Crippen LogP contribution in [-0.4, -0.2) is 12.1 Å². The van der Waals surface area contributed by atoms with Crippen molar-refractivity contribution >= 4 is 5.97 Å². The van der Waals surface area contributed by atoms with E-state index in [1.165, 1.54) is 6.92 Å². The highest BCUT2D eigenvalue weighted by atomic mass is 16.5. The molecule has 74 valence electrons. The lowest BCUT2D eigenvalue weighted by molar-refractivity contribution is -0.145. The van der Waals surface area contributed by atoms with Crippen molar-refractivity contribution in [3.63, 3.8) is 0 Å². The SMILES string of the molecule is C=C/C=C\CCCC(C)OC(C)=O. The van der Waals surface area contributed by atoms with E-state index in [-0.39, 0.29) is 12.1 Å². The summed E-state index contributed by atoms with van der Waals surface area (Å²) in [5.74, 6) is -0.200. The van der Waals surface area contributed by atoms with E-state index in [1.54, 1.807) is 6.08 Å². The number of ether oxygens (including phenoxy) is 1. The summed E-state index contributed by atoms with van der Waals surface area (Å²) in [6, 6.07) is 0. The first-order valence-electron chi connectivity index (χ1n) is 4.61. The Morgan fingerprint density at radius 3 is 2.85 bits per heavy atom. The van der Waals surface area contributed by atoms with Gasteiger partial charge >= 0.3 is 5.97 Å². The summed E-state index contributed by atoms with van der Waals surface area (Å²) >= 11 is 0. The quantitative estimate of drug-likeness (QED) is 0.358. The topological polar surface area (TPSA) is 26.3 Å². The van der Waals surface area contributed by atoms with Gasteiger partial charge < -0.3 is 4.74 Å². The van der Waals surface area contributed by atoms with Crippen molar-refractivity contribution in [3.05, 3.63) is 24.8 Å². The number of carbonyl (C=O) groups excluding carboxylic acids is 1. The zero-order valence-electron chi connectivity index (χ0n) is 8.45. The number of allylic oxidation sites excluding steroid dienone is 3. The van der Waals surface area contributed by atoms with E-state index >= 15 is 0 Å². The summed E-state index contributed by atoms with van der Waals surface area (Å²) in [4.78, 5) is 10.5. The lowest BCUT2D eigenvalue weighted by atomic mass is 10.1. The summed E-state index contributed by atoms with van der Waals surface area (Å²) in [7, 11) is 0. The van der Waals surface area contributed by atoms with Gasteiger partial charge in [-0.05, 0) is 26.2 Å². The minimum absolute atomic E-state index is 0.0367. The largest absolute Gasteiger partial charge is 0.463 e. The van der Waals surface area contributed by atoms with Gasteiger partial charge in [-0.1, -0.05) is 24.8 Å². The molecule has 0 spiro atoms.